The summed E-state index contributed by atoms with van der Waals surface area (Å²) in [6, 6.07) is 0. The normalized spacial score (nSPS) is 41.0. The highest BCUT2D eigenvalue weighted by Crippen LogP contribution is 2.36. The van der Waals surface area contributed by atoms with E-state index in [2.05, 4.69) is 4.74 Å². The van der Waals surface area contributed by atoms with Crippen molar-refractivity contribution in [2.75, 3.05) is 13.7 Å². The van der Waals surface area contributed by atoms with Crippen LogP contribution in [-0.4, -0.2) is 81.6 Å². The van der Waals surface area contributed by atoms with Crippen molar-refractivity contribution in [3.05, 3.63) is 0 Å². The predicted octanol–water partition coefficient (Wildman–Crippen LogP) is -2.70. The number of alkyl halides is 1. The van der Waals surface area contributed by atoms with E-state index in [1.54, 1.807) is 0 Å². The highest BCUT2D eigenvalue weighted by atomic mass is 19.1. The minimum absolute atomic E-state index is 0.820. The van der Waals surface area contributed by atoms with Crippen molar-refractivity contribution in [2.45, 2.75) is 43.3 Å². The first-order valence-corrected chi connectivity index (χ1v) is 5.98. The monoisotopic (exact) mass is 298 g/mol. The maximum Gasteiger partial charge on any atom is 0.369 e. The van der Waals surface area contributed by atoms with Crippen LogP contribution in [0.2, 0.25) is 0 Å². The number of hydrogen-bond acceptors (Lipinski definition) is 8. The molecule has 0 saturated carbocycles. The van der Waals surface area contributed by atoms with E-state index in [1.807, 2.05) is 0 Å². The average molecular weight is 298 g/mol. The van der Waals surface area contributed by atoms with Gasteiger partial charge in [-0.2, -0.15) is 0 Å². The summed E-state index contributed by atoms with van der Waals surface area (Å²) in [5, 5.41) is 47.5. The van der Waals surface area contributed by atoms with Gasteiger partial charge in [0.05, 0.1) is 25.9 Å². The number of halogens is 1. The zero-order valence-electron chi connectivity index (χ0n) is 11.0. The number of aliphatic hydroxyl groups excluding tert-OH is 4. The highest BCUT2D eigenvalue weighted by molar-refractivity contribution is 5.78. The second-order valence-corrected chi connectivity index (χ2v) is 4.76. The van der Waals surface area contributed by atoms with E-state index in [9.17, 15) is 29.6 Å². The fourth-order valence-electron chi connectivity index (χ4n) is 2.09. The van der Waals surface area contributed by atoms with Gasteiger partial charge in [0.25, 0.3) is 0 Å². The second-order valence-electron chi connectivity index (χ2n) is 4.76. The lowest BCUT2D eigenvalue weighted by Crippen LogP contribution is -2.66. The number of aliphatic hydroxyl groups is 5. The van der Waals surface area contributed by atoms with Crippen LogP contribution in [0, 0.1) is 5.92 Å². The molecule has 0 bridgehead atoms. The minimum Gasteiger partial charge on any atom is -0.465 e. The van der Waals surface area contributed by atoms with Crippen LogP contribution in [0.3, 0.4) is 0 Å². The number of hydrogen-bond donors (Lipinski definition) is 5. The molecule has 118 valence electrons. The van der Waals surface area contributed by atoms with E-state index in [0.717, 1.165) is 7.11 Å². The van der Waals surface area contributed by atoms with Crippen molar-refractivity contribution in [2.24, 2.45) is 5.92 Å². The van der Waals surface area contributed by atoms with Crippen LogP contribution in [0.4, 0.5) is 4.39 Å². The van der Waals surface area contributed by atoms with Gasteiger partial charge in [-0.1, -0.05) is 6.92 Å². The van der Waals surface area contributed by atoms with Gasteiger partial charge in [0, 0.05) is 5.92 Å². The Morgan fingerprint density at radius 2 is 2.05 bits per heavy atom. The Morgan fingerprint density at radius 3 is 2.50 bits per heavy atom. The van der Waals surface area contributed by atoms with E-state index >= 15 is 0 Å². The summed E-state index contributed by atoms with van der Waals surface area (Å²) in [7, 11) is 0.884. The molecule has 0 radical (unpaired) electrons. The minimum atomic E-state index is -3.10. The zero-order chi connectivity index (χ0) is 15.7. The molecular formula is C11H19FO8. The summed E-state index contributed by atoms with van der Waals surface area (Å²) < 4.78 is 22.9. The average Bonchev–Trinajstić information content (AvgIpc) is 2.46. The Morgan fingerprint density at radius 1 is 1.50 bits per heavy atom. The highest BCUT2D eigenvalue weighted by Gasteiger charge is 2.60. The summed E-state index contributed by atoms with van der Waals surface area (Å²) in [4.78, 5) is 11.4. The molecule has 1 aliphatic rings. The molecule has 5 unspecified atom stereocenters. The molecule has 0 aliphatic carbocycles. The summed E-state index contributed by atoms with van der Waals surface area (Å²) in [6.45, 7) is 0.478. The topological polar surface area (TPSA) is 137 Å². The summed E-state index contributed by atoms with van der Waals surface area (Å²) >= 11 is 0. The van der Waals surface area contributed by atoms with Gasteiger partial charge in [-0.25, -0.2) is 9.18 Å². The van der Waals surface area contributed by atoms with Gasteiger partial charge in [-0.05, 0) is 0 Å². The maximum atomic E-state index is 13.9. The van der Waals surface area contributed by atoms with Crippen LogP contribution in [0.5, 0.6) is 0 Å². The Balaban J connectivity index is 3.06. The first-order chi connectivity index (χ1) is 9.20. The Kier molecular flexibility index (Phi) is 5.41. The van der Waals surface area contributed by atoms with Crippen molar-refractivity contribution in [3.8, 4) is 0 Å². The van der Waals surface area contributed by atoms with E-state index < -0.39 is 54.9 Å². The molecule has 0 aromatic heterocycles. The molecular weight excluding hydrogens is 279 g/mol. The van der Waals surface area contributed by atoms with Crippen molar-refractivity contribution in [1.82, 2.24) is 0 Å². The third-order valence-corrected chi connectivity index (χ3v) is 3.44. The molecule has 1 rings (SSSR count). The molecule has 1 saturated heterocycles. The first-order valence-electron chi connectivity index (χ1n) is 5.98. The lowest BCUT2D eigenvalue weighted by atomic mass is 9.83. The van der Waals surface area contributed by atoms with Crippen molar-refractivity contribution in [1.29, 1.82) is 0 Å². The fraction of sp³-hybridized carbons (Fsp3) is 0.909. The van der Waals surface area contributed by atoms with Crippen molar-refractivity contribution < 1.29 is 44.2 Å². The SMILES string of the molecule is COC(=O)C1(O)OC([C@H](O)[C@H](O)CO)C(C)C(O)C1F. The van der Waals surface area contributed by atoms with Gasteiger partial charge in [0.2, 0.25) is 0 Å². The fourth-order valence-corrected chi connectivity index (χ4v) is 2.09. The Hall–Kier alpha value is -0.840. The number of esters is 1. The van der Waals surface area contributed by atoms with Crippen LogP contribution in [-0.2, 0) is 14.3 Å². The van der Waals surface area contributed by atoms with Gasteiger partial charge in [0.15, 0.2) is 6.17 Å². The number of carbonyl (C=O) groups is 1. The molecule has 1 fully saturated rings. The molecule has 8 nitrogen and oxygen atoms in total. The van der Waals surface area contributed by atoms with E-state index in [-0.39, 0.29) is 0 Å². The molecule has 5 N–H and O–H groups in total. The lowest BCUT2D eigenvalue weighted by Gasteiger charge is -2.45. The predicted molar refractivity (Wildman–Crippen MR) is 61.0 cm³/mol. The molecule has 1 heterocycles. The molecule has 20 heavy (non-hydrogen) atoms. The van der Waals surface area contributed by atoms with Gasteiger partial charge in [-0.15, -0.1) is 0 Å². The largest absolute Gasteiger partial charge is 0.465 e. The van der Waals surface area contributed by atoms with Gasteiger partial charge in [-0.3, -0.25) is 0 Å². The Bertz CT molecular complexity index is 349. The Labute approximate surface area is 114 Å². The molecule has 1 aliphatic heterocycles. The van der Waals surface area contributed by atoms with E-state index in [1.165, 1.54) is 6.92 Å². The first kappa shape index (κ1) is 17.2. The van der Waals surface area contributed by atoms with E-state index in [4.69, 9.17) is 9.84 Å². The van der Waals surface area contributed by atoms with Gasteiger partial charge in [0.1, 0.15) is 12.2 Å². The van der Waals surface area contributed by atoms with Crippen LogP contribution in [0.1, 0.15) is 6.92 Å². The van der Waals surface area contributed by atoms with Crippen molar-refractivity contribution in [3.63, 3.8) is 0 Å². The van der Waals surface area contributed by atoms with Crippen LogP contribution in [0.25, 0.3) is 0 Å². The number of methoxy groups -OCH3 is 1. The third kappa shape index (κ3) is 2.78. The third-order valence-electron chi connectivity index (χ3n) is 3.44. The molecule has 0 aromatic rings. The molecule has 0 spiro atoms. The maximum absolute atomic E-state index is 13.9. The zero-order valence-corrected chi connectivity index (χ0v) is 11.0. The standard InChI is InChI=1S/C11H19FO8/c1-4-6(15)9(12)11(18,10(17)19-2)20-8(4)7(16)5(14)3-13/h4-9,13-16,18H,3H2,1-2H3/t4?,5-,6?,7-,8?,9?,11?/m1/s1. The summed E-state index contributed by atoms with van der Waals surface area (Å²) in [5.74, 6) is -5.63. The lowest BCUT2D eigenvalue weighted by molar-refractivity contribution is -0.328. The number of rotatable bonds is 4. The smallest absolute Gasteiger partial charge is 0.369 e. The molecule has 7 atom stereocenters. The molecule has 9 heteroatoms. The van der Waals surface area contributed by atoms with Gasteiger partial charge < -0.3 is 35.0 Å². The summed E-state index contributed by atoms with van der Waals surface area (Å²) in [6.07, 6.45) is -9.19. The van der Waals surface area contributed by atoms with Crippen LogP contribution >= 0.6 is 0 Å². The van der Waals surface area contributed by atoms with Crippen LogP contribution in [0.15, 0.2) is 0 Å². The number of carbonyl (C=O) groups excluding carboxylic acids is 1. The van der Waals surface area contributed by atoms with Crippen LogP contribution < -0.4 is 0 Å². The second kappa shape index (κ2) is 6.29. The quantitative estimate of drug-likeness (QED) is 0.354. The van der Waals surface area contributed by atoms with Crippen molar-refractivity contribution >= 4 is 5.97 Å². The summed E-state index contributed by atoms with van der Waals surface area (Å²) in [5.41, 5.74) is 0. The van der Waals surface area contributed by atoms with E-state index in [0.29, 0.717) is 0 Å². The van der Waals surface area contributed by atoms with Gasteiger partial charge >= 0.3 is 11.8 Å². The number of ether oxygens (including phenoxy) is 2. The molecule has 0 amide bonds. The molecule has 0 aromatic carbocycles.